The molecule has 1 aromatic carbocycles. The van der Waals surface area contributed by atoms with Gasteiger partial charge < -0.3 is 4.90 Å². The molecule has 0 N–H and O–H groups in total. The minimum absolute atomic E-state index is 0.0190. The molecule has 0 aromatic heterocycles. The molecule has 1 atom stereocenters. The van der Waals surface area contributed by atoms with Gasteiger partial charge in [-0.3, -0.25) is 14.9 Å². The molecule has 0 bridgehead atoms. The molecular formula is C13H15N3O4. The van der Waals surface area contributed by atoms with Crippen molar-refractivity contribution in [1.82, 2.24) is 4.90 Å². The SMILES string of the molecule is CCC(C)N1CC(=O)N(c2ccc([N+](=O)[O-])cc2)C1=O. The van der Waals surface area contributed by atoms with Crippen molar-refractivity contribution in [2.45, 2.75) is 26.3 Å². The van der Waals surface area contributed by atoms with Gasteiger partial charge in [-0.2, -0.15) is 0 Å². The number of benzene rings is 1. The van der Waals surface area contributed by atoms with E-state index >= 15 is 0 Å². The van der Waals surface area contributed by atoms with Crippen LogP contribution in [0.4, 0.5) is 16.2 Å². The van der Waals surface area contributed by atoms with Crippen LogP contribution in [0.2, 0.25) is 0 Å². The van der Waals surface area contributed by atoms with E-state index in [9.17, 15) is 19.7 Å². The van der Waals surface area contributed by atoms with E-state index in [1.807, 2.05) is 13.8 Å². The zero-order chi connectivity index (χ0) is 14.9. The summed E-state index contributed by atoms with van der Waals surface area (Å²) in [6.07, 6.45) is 0.757. The van der Waals surface area contributed by atoms with Crippen molar-refractivity contribution in [2.75, 3.05) is 11.4 Å². The van der Waals surface area contributed by atoms with Gasteiger partial charge in [-0.25, -0.2) is 9.69 Å². The molecule has 2 rings (SSSR count). The zero-order valence-electron chi connectivity index (χ0n) is 11.3. The number of carbonyl (C=O) groups excluding carboxylic acids is 2. The number of rotatable bonds is 4. The molecule has 0 spiro atoms. The molecule has 1 saturated heterocycles. The topological polar surface area (TPSA) is 83.8 Å². The van der Waals surface area contributed by atoms with Gasteiger partial charge in [0.15, 0.2) is 0 Å². The molecule has 20 heavy (non-hydrogen) atoms. The molecule has 0 saturated carbocycles. The molecule has 1 aliphatic heterocycles. The second-order valence-electron chi connectivity index (χ2n) is 4.67. The first-order valence-electron chi connectivity index (χ1n) is 6.33. The minimum atomic E-state index is -0.525. The van der Waals surface area contributed by atoms with Crippen LogP contribution in [-0.2, 0) is 4.79 Å². The Hall–Kier alpha value is -2.44. The molecule has 1 heterocycles. The lowest BCUT2D eigenvalue weighted by Crippen LogP contribution is -2.37. The third-order valence-corrected chi connectivity index (χ3v) is 3.43. The Balaban J connectivity index is 2.26. The fraction of sp³-hybridized carbons (Fsp3) is 0.385. The van der Waals surface area contributed by atoms with Gasteiger partial charge in [0.1, 0.15) is 6.54 Å². The number of nitro groups is 1. The van der Waals surface area contributed by atoms with Crippen molar-refractivity contribution in [3.8, 4) is 0 Å². The van der Waals surface area contributed by atoms with Crippen molar-refractivity contribution in [1.29, 1.82) is 0 Å². The van der Waals surface area contributed by atoms with Crippen molar-refractivity contribution < 1.29 is 14.5 Å². The number of carbonyl (C=O) groups is 2. The van der Waals surface area contributed by atoms with Gasteiger partial charge in [0.25, 0.3) is 11.6 Å². The van der Waals surface area contributed by atoms with E-state index < -0.39 is 4.92 Å². The van der Waals surface area contributed by atoms with Gasteiger partial charge in [-0.1, -0.05) is 6.92 Å². The van der Waals surface area contributed by atoms with Crippen LogP contribution in [0.15, 0.2) is 24.3 Å². The minimum Gasteiger partial charge on any atom is -0.312 e. The first-order chi connectivity index (χ1) is 9.45. The van der Waals surface area contributed by atoms with Crippen LogP contribution < -0.4 is 4.90 Å². The van der Waals surface area contributed by atoms with Crippen molar-refractivity contribution in [3.63, 3.8) is 0 Å². The van der Waals surface area contributed by atoms with Gasteiger partial charge in [-0.15, -0.1) is 0 Å². The summed E-state index contributed by atoms with van der Waals surface area (Å²) in [7, 11) is 0. The molecule has 0 aliphatic carbocycles. The maximum Gasteiger partial charge on any atom is 0.332 e. The van der Waals surface area contributed by atoms with Crippen molar-refractivity contribution in [3.05, 3.63) is 34.4 Å². The Kier molecular flexibility index (Phi) is 3.69. The first-order valence-corrected chi connectivity index (χ1v) is 6.33. The Morgan fingerprint density at radius 3 is 2.40 bits per heavy atom. The molecule has 0 radical (unpaired) electrons. The van der Waals surface area contributed by atoms with Crippen LogP contribution in [0.5, 0.6) is 0 Å². The summed E-state index contributed by atoms with van der Waals surface area (Å²) >= 11 is 0. The number of hydrogen-bond acceptors (Lipinski definition) is 4. The standard InChI is InChI=1S/C13H15N3O4/c1-3-9(2)14-8-12(17)15(13(14)18)10-4-6-11(7-5-10)16(19)20/h4-7,9H,3,8H2,1-2H3. The zero-order valence-corrected chi connectivity index (χ0v) is 11.3. The molecule has 3 amide bonds. The highest BCUT2D eigenvalue weighted by atomic mass is 16.6. The van der Waals surface area contributed by atoms with Crippen LogP contribution in [-0.4, -0.2) is 34.3 Å². The average Bonchev–Trinajstić information content (AvgIpc) is 2.73. The lowest BCUT2D eigenvalue weighted by atomic mass is 10.2. The number of amides is 3. The van der Waals surface area contributed by atoms with Crippen molar-refractivity contribution in [2.24, 2.45) is 0 Å². The molecule has 1 fully saturated rings. The largest absolute Gasteiger partial charge is 0.332 e. The summed E-state index contributed by atoms with van der Waals surface area (Å²) in [4.78, 5) is 36.8. The van der Waals surface area contributed by atoms with Crippen LogP contribution in [0.3, 0.4) is 0 Å². The summed E-state index contributed by atoms with van der Waals surface area (Å²) < 4.78 is 0. The fourth-order valence-corrected chi connectivity index (χ4v) is 2.06. The highest BCUT2D eigenvalue weighted by molar-refractivity contribution is 6.19. The second kappa shape index (κ2) is 5.28. The highest BCUT2D eigenvalue weighted by Crippen LogP contribution is 2.25. The predicted molar refractivity (Wildman–Crippen MR) is 72.4 cm³/mol. The summed E-state index contributed by atoms with van der Waals surface area (Å²) in [5.74, 6) is -0.316. The molecule has 1 aromatic rings. The van der Waals surface area contributed by atoms with Crippen LogP contribution in [0.1, 0.15) is 20.3 Å². The molecule has 106 valence electrons. The molecule has 7 heteroatoms. The predicted octanol–water partition coefficient (Wildman–Crippen LogP) is 2.16. The van der Waals surface area contributed by atoms with Crippen molar-refractivity contribution >= 4 is 23.3 Å². The van der Waals surface area contributed by atoms with E-state index in [0.717, 1.165) is 11.3 Å². The molecule has 1 aliphatic rings. The normalized spacial score (nSPS) is 16.7. The number of anilines is 1. The van der Waals surface area contributed by atoms with Crippen LogP contribution in [0, 0.1) is 10.1 Å². The Morgan fingerprint density at radius 1 is 1.30 bits per heavy atom. The number of urea groups is 1. The monoisotopic (exact) mass is 277 g/mol. The van der Waals surface area contributed by atoms with E-state index in [2.05, 4.69) is 0 Å². The maximum absolute atomic E-state index is 12.2. The smallest absolute Gasteiger partial charge is 0.312 e. The number of hydrogen-bond donors (Lipinski definition) is 0. The molecule has 1 unspecified atom stereocenters. The Bertz CT molecular complexity index is 555. The first kappa shape index (κ1) is 14.0. The van der Waals surface area contributed by atoms with Gasteiger partial charge >= 0.3 is 6.03 Å². The number of non-ortho nitro benzene ring substituents is 1. The summed E-state index contributed by atoms with van der Waals surface area (Å²) in [6.45, 7) is 3.87. The van der Waals surface area contributed by atoms with E-state index in [1.54, 1.807) is 0 Å². The quantitative estimate of drug-likeness (QED) is 0.479. The summed E-state index contributed by atoms with van der Waals surface area (Å²) in [5, 5.41) is 10.6. The number of nitrogens with zero attached hydrogens (tertiary/aromatic N) is 3. The number of imide groups is 1. The fourth-order valence-electron chi connectivity index (χ4n) is 2.06. The van der Waals surface area contributed by atoms with Gasteiger partial charge in [0.05, 0.1) is 10.6 Å². The third kappa shape index (κ3) is 2.34. The van der Waals surface area contributed by atoms with E-state index in [-0.39, 0.29) is 30.2 Å². The Labute approximate surface area is 115 Å². The summed E-state index contributed by atoms with van der Waals surface area (Å²) in [5.41, 5.74) is 0.281. The lowest BCUT2D eigenvalue weighted by molar-refractivity contribution is -0.384. The van der Waals surface area contributed by atoms with Crippen LogP contribution >= 0.6 is 0 Å². The Morgan fingerprint density at radius 2 is 1.90 bits per heavy atom. The highest BCUT2D eigenvalue weighted by Gasteiger charge is 2.38. The second-order valence-corrected chi connectivity index (χ2v) is 4.67. The van der Waals surface area contributed by atoms with Gasteiger partial charge in [0, 0.05) is 18.2 Å². The number of nitro benzene ring substituents is 1. The maximum atomic E-state index is 12.2. The molecule has 7 nitrogen and oxygen atoms in total. The summed E-state index contributed by atoms with van der Waals surface area (Å²) in [6, 6.07) is 4.99. The van der Waals surface area contributed by atoms with E-state index in [0.29, 0.717) is 5.69 Å². The third-order valence-electron chi connectivity index (χ3n) is 3.43. The average molecular weight is 277 g/mol. The van der Waals surface area contributed by atoms with Gasteiger partial charge in [-0.05, 0) is 25.5 Å². The van der Waals surface area contributed by atoms with E-state index in [4.69, 9.17) is 0 Å². The van der Waals surface area contributed by atoms with Gasteiger partial charge in [0.2, 0.25) is 0 Å². The lowest BCUT2D eigenvalue weighted by Gasteiger charge is -2.22. The van der Waals surface area contributed by atoms with E-state index in [1.165, 1.54) is 29.2 Å². The van der Waals surface area contributed by atoms with Crippen LogP contribution in [0.25, 0.3) is 0 Å². The molecular weight excluding hydrogens is 262 g/mol.